The molecule has 0 N–H and O–H groups in total. The summed E-state index contributed by atoms with van der Waals surface area (Å²) in [5.41, 5.74) is 1.17. The van der Waals surface area contributed by atoms with E-state index in [-0.39, 0.29) is 5.91 Å². The van der Waals surface area contributed by atoms with Crippen LogP contribution in [-0.4, -0.2) is 38.5 Å². The fourth-order valence-electron chi connectivity index (χ4n) is 1.66. The van der Waals surface area contributed by atoms with Crippen molar-refractivity contribution in [3.63, 3.8) is 0 Å². The Kier molecular flexibility index (Phi) is 2.85. The van der Waals surface area contributed by atoms with Gasteiger partial charge in [-0.1, -0.05) is 0 Å². The normalized spacial score (nSPS) is 10.6. The van der Waals surface area contributed by atoms with Crippen molar-refractivity contribution in [3.05, 3.63) is 30.2 Å². The molecule has 2 aromatic rings. The first kappa shape index (κ1) is 10.6. The molecule has 0 aliphatic heterocycles. The van der Waals surface area contributed by atoms with Crippen LogP contribution in [0, 0.1) is 0 Å². The van der Waals surface area contributed by atoms with Gasteiger partial charge in [-0.3, -0.25) is 4.79 Å². The lowest BCUT2D eigenvalue weighted by molar-refractivity contribution is 0.0774. The van der Waals surface area contributed by atoms with E-state index in [0.717, 1.165) is 0 Å². The van der Waals surface area contributed by atoms with Crippen LogP contribution >= 0.6 is 0 Å². The average Bonchev–Trinajstić information content (AvgIpc) is 2.74. The molecule has 16 heavy (non-hydrogen) atoms. The number of carbonyl (C=O) groups is 1. The molecule has 0 unspecified atom stereocenters. The first-order valence-electron chi connectivity index (χ1n) is 5.35. The lowest BCUT2D eigenvalue weighted by Crippen LogP contribution is -2.30. The first-order chi connectivity index (χ1) is 7.77. The van der Waals surface area contributed by atoms with Crippen LogP contribution in [0.1, 0.15) is 24.2 Å². The zero-order chi connectivity index (χ0) is 11.5. The van der Waals surface area contributed by atoms with Gasteiger partial charge in [0.2, 0.25) is 0 Å². The molecule has 0 saturated heterocycles. The molecule has 0 aromatic carbocycles. The van der Waals surface area contributed by atoms with Crippen LogP contribution in [-0.2, 0) is 0 Å². The van der Waals surface area contributed by atoms with Gasteiger partial charge in [-0.05, 0) is 19.9 Å². The van der Waals surface area contributed by atoms with Crippen LogP contribution in [0.15, 0.2) is 24.7 Å². The summed E-state index contributed by atoms with van der Waals surface area (Å²) >= 11 is 0. The van der Waals surface area contributed by atoms with Crippen molar-refractivity contribution in [2.24, 2.45) is 0 Å². The zero-order valence-corrected chi connectivity index (χ0v) is 9.42. The molecule has 0 atom stereocenters. The molecule has 5 heteroatoms. The van der Waals surface area contributed by atoms with Crippen molar-refractivity contribution in [1.29, 1.82) is 0 Å². The van der Waals surface area contributed by atoms with E-state index in [2.05, 4.69) is 10.1 Å². The van der Waals surface area contributed by atoms with E-state index in [1.54, 1.807) is 34.1 Å². The minimum absolute atomic E-state index is 0.0151. The van der Waals surface area contributed by atoms with E-state index in [1.807, 2.05) is 13.8 Å². The predicted octanol–water partition coefficient (Wildman–Crippen LogP) is 1.21. The van der Waals surface area contributed by atoms with E-state index >= 15 is 0 Å². The van der Waals surface area contributed by atoms with Gasteiger partial charge in [0.05, 0.1) is 6.20 Å². The molecule has 84 valence electrons. The van der Waals surface area contributed by atoms with Crippen molar-refractivity contribution in [1.82, 2.24) is 19.5 Å². The Hall–Kier alpha value is -1.91. The van der Waals surface area contributed by atoms with E-state index in [1.165, 1.54) is 0 Å². The molecule has 0 spiro atoms. The molecule has 2 aromatic heterocycles. The standard InChI is InChI=1S/C11H14N4O/c1-3-14(4-2)11(16)9-8-13-15-7-5-6-12-10(9)15/h5-8H,3-4H2,1-2H3. The second-order valence-corrected chi connectivity index (χ2v) is 3.42. The Morgan fingerprint density at radius 2 is 2.19 bits per heavy atom. The van der Waals surface area contributed by atoms with Crippen molar-refractivity contribution < 1.29 is 4.79 Å². The third kappa shape index (κ3) is 1.64. The summed E-state index contributed by atoms with van der Waals surface area (Å²) in [7, 11) is 0. The Morgan fingerprint density at radius 1 is 1.44 bits per heavy atom. The monoisotopic (exact) mass is 218 g/mol. The number of amides is 1. The molecule has 2 rings (SSSR count). The predicted molar refractivity (Wildman–Crippen MR) is 60.2 cm³/mol. The van der Waals surface area contributed by atoms with E-state index in [0.29, 0.717) is 24.3 Å². The smallest absolute Gasteiger partial charge is 0.259 e. The number of fused-ring (bicyclic) bond motifs is 1. The second kappa shape index (κ2) is 4.30. The maximum absolute atomic E-state index is 12.1. The van der Waals surface area contributed by atoms with Crippen molar-refractivity contribution in [3.8, 4) is 0 Å². The van der Waals surface area contributed by atoms with Crippen molar-refractivity contribution in [2.75, 3.05) is 13.1 Å². The van der Waals surface area contributed by atoms with E-state index < -0.39 is 0 Å². The van der Waals surface area contributed by atoms with Crippen molar-refractivity contribution in [2.45, 2.75) is 13.8 Å². The van der Waals surface area contributed by atoms with E-state index in [4.69, 9.17) is 0 Å². The van der Waals surface area contributed by atoms with E-state index in [9.17, 15) is 4.79 Å². The van der Waals surface area contributed by atoms with Gasteiger partial charge in [-0.2, -0.15) is 5.10 Å². The first-order valence-corrected chi connectivity index (χ1v) is 5.35. The molecule has 0 bridgehead atoms. The Labute approximate surface area is 93.7 Å². The lowest BCUT2D eigenvalue weighted by Gasteiger charge is -2.17. The minimum atomic E-state index is -0.0151. The lowest BCUT2D eigenvalue weighted by atomic mass is 10.3. The topological polar surface area (TPSA) is 50.5 Å². The Balaban J connectivity index is 2.43. The molecular formula is C11H14N4O. The fraction of sp³-hybridized carbons (Fsp3) is 0.364. The number of aromatic nitrogens is 3. The minimum Gasteiger partial charge on any atom is -0.339 e. The number of hydrogen-bond acceptors (Lipinski definition) is 3. The number of nitrogens with zero attached hydrogens (tertiary/aromatic N) is 4. The summed E-state index contributed by atoms with van der Waals surface area (Å²) in [5.74, 6) is -0.0151. The molecule has 0 radical (unpaired) electrons. The van der Waals surface area contributed by atoms with Gasteiger partial charge in [0, 0.05) is 25.5 Å². The van der Waals surface area contributed by atoms with Gasteiger partial charge in [0.15, 0.2) is 5.65 Å². The SMILES string of the molecule is CCN(CC)C(=O)c1cnn2cccnc12. The molecule has 0 saturated carbocycles. The maximum atomic E-state index is 12.1. The molecule has 0 aliphatic carbocycles. The van der Waals surface area contributed by atoms with Gasteiger partial charge >= 0.3 is 0 Å². The molecule has 2 heterocycles. The van der Waals surface area contributed by atoms with Crippen molar-refractivity contribution >= 4 is 11.6 Å². The quantitative estimate of drug-likeness (QED) is 0.778. The summed E-state index contributed by atoms with van der Waals surface area (Å²) in [4.78, 5) is 18.0. The molecule has 0 fully saturated rings. The van der Waals surface area contributed by atoms with Crippen LogP contribution < -0.4 is 0 Å². The Morgan fingerprint density at radius 3 is 2.88 bits per heavy atom. The zero-order valence-electron chi connectivity index (χ0n) is 9.42. The van der Waals surface area contributed by atoms with Crippen LogP contribution in [0.4, 0.5) is 0 Å². The number of hydrogen-bond donors (Lipinski definition) is 0. The van der Waals surface area contributed by atoms with Gasteiger partial charge in [0.1, 0.15) is 5.56 Å². The summed E-state index contributed by atoms with van der Waals surface area (Å²) < 4.78 is 1.61. The fourth-order valence-corrected chi connectivity index (χ4v) is 1.66. The Bertz CT molecular complexity index is 501. The maximum Gasteiger partial charge on any atom is 0.259 e. The van der Waals surface area contributed by atoms with Crippen LogP contribution in [0.25, 0.3) is 5.65 Å². The van der Waals surface area contributed by atoms with Crippen LogP contribution in [0.2, 0.25) is 0 Å². The molecule has 1 amide bonds. The average molecular weight is 218 g/mol. The summed E-state index contributed by atoms with van der Waals surface area (Å²) in [6.07, 6.45) is 5.01. The highest BCUT2D eigenvalue weighted by molar-refractivity contribution is 5.99. The number of carbonyl (C=O) groups excluding carboxylic acids is 1. The number of rotatable bonds is 3. The summed E-state index contributed by atoms with van der Waals surface area (Å²) in [6, 6.07) is 1.78. The van der Waals surface area contributed by atoms with Gasteiger partial charge in [0.25, 0.3) is 5.91 Å². The second-order valence-electron chi connectivity index (χ2n) is 3.42. The third-order valence-corrected chi connectivity index (χ3v) is 2.56. The highest BCUT2D eigenvalue weighted by Crippen LogP contribution is 2.10. The van der Waals surface area contributed by atoms with Gasteiger partial charge < -0.3 is 4.90 Å². The van der Waals surface area contributed by atoms with Gasteiger partial charge in [-0.25, -0.2) is 9.50 Å². The highest BCUT2D eigenvalue weighted by Gasteiger charge is 2.17. The highest BCUT2D eigenvalue weighted by atomic mass is 16.2. The molecule has 0 aliphatic rings. The van der Waals surface area contributed by atoms with Gasteiger partial charge in [-0.15, -0.1) is 0 Å². The third-order valence-electron chi connectivity index (χ3n) is 2.56. The molecule has 5 nitrogen and oxygen atoms in total. The largest absolute Gasteiger partial charge is 0.339 e. The van der Waals surface area contributed by atoms with Crippen LogP contribution in [0.5, 0.6) is 0 Å². The molecular weight excluding hydrogens is 204 g/mol. The summed E-state index contributed by atoms with van der Waals surface area (Å²) in [6.45, 7) is 5.31. The van der Waals surface area contributed by atoms with Crippen LogP contribution in [0.3, 0.4) is 0 Å². The summed E-state index contributed by atoms with van der Waals surface area (Å²) in [5, 5.41) is 4.10.